The van der Waals surface area contributed by atoms with Gasteiger partial charge in [0.2, 0.25) is 0 Å². The molecule has 1 fully saturated rings. The van der Waals surface area contributed by atoms with Crippen molar-refractivity contribution in [3.8, 4) is 0 Å². The minimum Gasteiger partial charge on any atom is -0.380 e. The van der Waals surface area contributed by atoms with Crippen LogP contribution < -0.4 is 5.73 Å². The number of benzene rings is 1. The molecule has 0 spiro atoms. The van der Waals surface area contributed by atoms with Crippen LogP contribution in [0.3, 0.4) is 0 Å². The van der Waals surface area contributed by atoms with E-state index in [4.69, 9.17) is 10.5 Å². The maximum Gasteiger partial charge on any atom is 0.253 e. The number of carbonyl (C=O) groups excluding carboxylic acids is 1. The van der Waals surface area contributed by atoms with E-state index in [-0.39, 0.29) is 24.4 Å². The molecule has 0 radical (unpaired) electrons. The van der Waals surface area contributed by atoms with Gasteiger partial charge in [0.15, 0.2) is 0 Å². The molecule has 1 heterocycles. The van der Waals surface area contributed by atoms with Crippen molar-refractivity contribution in [2.24, 2.45) is 5.73 Å². The van der Waals surface area contributed by atoms with Crippen molar-refractivity contribution in [3.63, 3.8) is 0 Å². The maximum absolute atomic E-state index is 13.4. The molecule has 18 heavy (non-hydrogen) atoms. The second-order valence-corrected chi connectivity index (χ2v) is 4.54. The third-order valence-corrected chi connectivity index (χ3v) is 3.10. The van der Waals surface area contributed by atoms with Crippen LogP contribution in [0.2, 0.25) is 0 Å². The van der Waals surface area contributed by atoms with Gasteiger partial charge in [-0.25, -0.2) is 4.39 Å². The zero-order chi connectivity index (χ0) is 13.1. The van der Waals surface area contributed by atoms with Crippen LogP contribution in [-0.2, 0) is 11.3 Å². The molecule has 1 aliphatic rings. The number of hydrogen-bond donors (Lipinski definition) is 1. The Hall–Kier alpha value is -1.46. The zero-order valence-electron chi connectivity index (χ0n) is 10.4. The molecular weight excluding hydrogens is 235 g/mol. The topological polar surface area (TPSA) is 55.6 Å². The van der Waals surface area contributed by atoms with Crippen molar-refractivity contribution in [2.75, 3.05) is 20.2 Å². The fourth-order valence-corrected chi connectivity index (χ4v) is 2.13. The van der Waals surface area contributed by atoms with Crippen LogP contribution in [-0.4, -0.2) is 37.0 Å². The molecular formula is C13H17FN2O2. The van der Waals surface area contributed by atoms with E-state index in [9.17, 15) is 9.18 Å². The molecule has 2 N–H and O–H groups in total. The van der Waals surface area contributed by atoms with Gasteiger partial charge in [-0.05, 0) is 24.6 Å². The minimum absolute atomic E-state index is 0.0489. The highest BCUT2D eigenvalue weighted by atomic mass is 19.1. The van der Waals surface area contributed by atoms with Gasteiger partial charge in [0.05, 0.1) is 6.61 Å². The average molecular weight is 252 g/mol. The first-order valence-corrected chi connectivity index (χ1v) is 5.94. The molecule has 0 unspecified atom stereocenters. The summed E-state index contributed by atoms with van der Waals surface area (Å²) in [4.78, 5) is 13.9. The Bertz CT molecular complexity index is 451. The van der Waals surface area contributed by atoms with Crippen molar-refractivity contribution in [2.45, 2.75) is 19.1 Å². The SMILES string of the molecule is COCc1cc(C(=O)N2CC[C@@H](N)C2)ccc1F. The van der Waals surface area contributed by atoms with Crippen LogP contribution in [0.5, 0.6) is 0 Å². The van der Waals surface area contributed by atoms with Gasteiger partial charge in [0.1, 0.15) is 5.82 Å². The summed E-state index contributed by atoms with van der Waals surface area (Å²) in [5.74, 6) is -0.452. The van der Waals surface area contributed by atoms with Crippen LogP contribution in [0, 0.1) is 5.82 Å². The third kappa shape index (κ3) is 2.68. The largest absolute Gasteiger partial charge is 0.380 e. The highest BCUT2D eigenvalue weighted by molar-refractivity contribution is 5.94. The monoisotopic (exact) mass is 252 g/mol. The van der Waals surface area contributed by atoms with Crippen LogP contribution in [0.4, 0.5) is 4.39 Å². The summed E-state index contributed by atoms with van der Waals surface area (Å²) < 4.78 is 18.3. The lowest BCUT2D eigenvalue weighted by atomic mass is 10.1. The van der Waals surface area contributed by atoms with E-state index in [1.807, 2.05) is 0 Å². The van der Waals surface area contributed by atoms with Crippen LogP contribution >= 0.6 is 0 Å². The molecule has 1 aliphatic heterocycles. The fraction of sp³-hybridized carbons (Fsp3) is 0.462. The summed E-state index contributed by atoms with van der Waals surface area (Å²) in [5, 5.41) is 0. The second kappa shape index (κ2) is 5.46. The van der Waals surface area contributed by atoms with E-state index in [1.165, 1.54) is 19.2 Å². The standard InChI is InChI=1S/C13H17FN2O2/c1-18-8-10-6-9(2-3-12(10)14)13(17)16-5-4-11(15)7-16/h2-3,6,11H,4-5,7-8,15H2,1H3/t11-/m1/s1. The summed E-state index contributed by atoms with van der Waals surface area (Å²) in [6.07, 6.45) is 0.817. The normalized spacial score (nSPS) is 19.3. The second-order valence-electron chi connectivity index (χ2n) is 4.54. The Morgan fingerprint density at radius 1 is 1.61 bits per heavy atom. The number of hydrogen-bond acceptors (Lipinski definition) is 3. The summed E-state index contributed by atoms with van der Waals surface area (Å²) >= 11 is 0. The van der Waals surface area contributed by atoms with Crippen molar-refractivity contribution in [1.82, 2.24) is 4.90 Å². The first-order chi connectivity index (χ1) is 8.61. The smallest absolute Gasteiger partial charge is 0.253 e. The van der Waals surface area contributed by atoms with Gasteiger partial charge in [-0.2, -0.15) is 0 Å². The van der Waals surface area contributed by atoms with Gasteiger partial charge < -0.3 is 15.4 Å². The van der Waals surface area contributed by atoms with E-state index < -0.39 is 0 Å². The molecule has 98 valence electrons. The number of ether oxygens (including phenoxy) is 1. The lowest BCUT2D eigenvalue weighted by Gasteiger charge is -2.16. The first kappa shape index (κ1) is 13.0. The van der Waals surface area contributed by atoms with Crippen LogP contribution in [0.25, 0.3) is 0 Å². The molecule has 4 nitrogen and oxygen atoms in total. The van der Waals surface area contributed by atoms with E-state index >= 15 is 0 Å². The van der Waals surface area contributed by atoms with Crippen LogP contribution in [0.15, 0.2) is 18.2 Å². The number of halogens is 1. The van der Waals surface area contributed by atoms with E-state index in [0.717, 1.165) is 6.42 Å². The van der Waals surface area contributed by atoms with E-state index in [2.05, 4.69) is 0 Å². The Kier molecular flexibility index (Phi) is 3.93. The molecule has 0 aromatic heterocycles. The molecule has 5 heteroatoms. The number of rotatable bonds is 3. The number of nitrogens with two attached hydrogens (primary N) is 1. The molecule has 1 atom stereocenters. The van der Waals surface area contributed by atoms with Gasteiger partial charge in [0.25, 0.3) is 5.91 Å². The van der Waals surface area contributed by atoms with Crippen molar-refractivity contribution in [3.05, 3.63) is 35.1 Å². The quantitative estimate of drug-likeness (QED) is 0.877. The number of carbonyl (C=O) groups is 1. The molecule has 0 aliphatic carbocycles. The van der Waals surface area contributed by atoms with E-state index in [0.29, 0.717) is 24.2 Å². The first-order valence-electron chi connectivity index (χ1n) is 5.94. The highest BCUT2D eigenvalue weighted by Crippen LogP contribution is 2.16. The zero-order valence-corrected chi connectivity index (χ0v) is 10.4. The predicted molar refractivity (Wildman–Crippen MR) is 65.6 cm³/mol. The molecule has 1 saturated heterocycles. The summed E-state index contributed by atoms with van der Waals surface area (Å²) in [6, 6.07) is 4.40. The molecule has 2 rings (SSSR count). The van der Waals surface area contributed by atoms with Crippen molar-refractivity contribution >= 4 is 5.91 Å². The van der Waals surface area contributed by atoms with Gasteiger partial charge >= 0.3 is 0 Å². The van der Waals surface area contributed by atoms with Gasteiger partial charge in [0, 0.05) is 37.4 Å². The Morgan fingerprint density at radius 3 is 3.00 bits per heavy atom. The summed E-state index contributed by atoms with van der Waals surface area (Å²) in [6.45, 7) is 1.39. The number of nitrogens with zero attached hydrogens (tertiary/aromatic N) is 1. The summed E-state index contributed by atoms with van der Waals surface area (Å²) in [7, 11) is 1.49. The predicted octanol–water partition coefficient (Wildman–Crippen LogP) is 1.15. The Balaban J connectivity index is 2.17. The van der Waals surface area contributed by atoms with Gasteiger partial charge in [-0.1, -0.05) is 0 Å². The molecule has 1 aromatic carbocycles. The lowest BCUT2D eigenvalue weighted by Crippen LogP contribution is -2.31. The number of methoxy groups -OCH3 is 1. The average Bonchev–Trinajstić information content (AvgIpc) is 2.78. The molecule has 0 bridgehead atoms. The maximum atomic E-state index is 13.4. The molecule has 1 amide bonds. The van der Waals surface area contributed by atoms with Crippen LogP contribution in [0.1, 0.15) is 22.3 Å². The minimum atomic E-state index is -0.355. The van der Waals surface area contributed by atoms with Crippen molar-refractivity contribution < 1.29 is 13.9 Å². The number of likely N-dealkylation sites (tertiary alicyclic amines) is 1. The lowest BCUT2D eigenvalue weighted by molar-refractivity contribution is 0.0790. The molecule has 1 aromatic rings. The molecule has 0 saturated carbocycles. The van der Waals surface area contributed by atoms with Crippen molar-refractivity contribution in [1.29, 1.82) is 0 Å². The Labute approximate surface area is 106 Å². The Morgan fingerprint density at radius 2 is 2.39 bits per heavy atom. The third-order valence-electron chi connectivity index (χ3n) is 3.10. The van der Waals surface area contributed by atoms with Gasteiger partial charge in [-0.3, -0.25) is 4.79 Å². The summed E-state index contributed by atoms with van der Waals surface area (Å²) in [5.41, 5.74) is 6.65. The van der Waals surface area contributed by atoms with Gasteiger partial charge in [-0.15, -0.1) is 0 Å². The highest BCUT2D eigenvalue weighted by Gasteiger charge is 2.24. The van der Waals surface area contributed by atoms with E-state index in [1.54, 1.807) is 11.0 Å². The fourth-order valence-electron chi connectivity index (χ4n) is 2.13. The number of amides is 1.